The molecule has 1 aromatic carbocycles. The Morgan fingerprint density at radius 2 is 1.91 bits per heavy atom. The molecule has 0 aliphatic heterocycles. The largest absolute Gasteiger partial charge is 0.455 e. The second kappa shape index (κ2) is 7.26. The van der Waals surface area contributed by atoms with Crippen LogP contribution in [0.25, 0.3) is 0 Å². The molecule has 0 bridgehead atoms. The normalized spacial score (nSPS) is 18.9. The lowest BCUT2D eigenvalue weighted by Gasteiger charge is -2.11. The average molecular weight is 318 g/mol. The molecule has 0 saturated heterocycles. The number of ether oxygens (including phenoxy) is 1. The van der Waals surface area contributed by atoms with Crippen molar-refractivity contribution < 1.29 is 19.1 Å². The summed E-state index contributed by atoms with van der Waals surface area (Å²) in [5.41, 5.74) is 2.78. The molecule has 0 spiro atoms. The molecule has 2 rings (SSSR count). The summed E-state index contributed by atoms with van der Waals surface area (Å²) in [5, 5.41) is 5.18. The molecule has 1 aliphatic rings. The van der Waals surface area contributed by atoms with Gasteiger partial charge in [0, 0.05) is 5.69 Å². The lowest BCUT2D eigenvalue weighted by molar-refractivity contribution is -0.150. The predicted octanol–water partition coefficient (Wildman–Crippen LogP) is 1.56. The van der Waals surface area contributed by atoms with Crippen molar-refractivity contribution in [3.8, 4) is 0 Å². The molecule has 0 unspecified atom stereocenters. The maximum absolute atomic E-state index is 11.8. The quantitative estimate of drug-likeness (QED) is 0.780. The molecule has 0 aromatic heterocycles. The Balaban J connectivity index is 1.70. The molecule has 6 heteroatoms. The number of esters is 1. The van der Waals surface area contributed by atoms with Crippen molar-refractivity contribution in [2.75, 3.05) is 18.5 Å². The van der Waals surface area contributed by atoms with Gasteiger partial charge in [0.05, 0.1) is 12.5 Å². The fourth-order valence-corrected chi connectivity index (χ4v) is 2.21. The van der Waals surface area contributed by atoms with Crippen LogP contribution in [0.3, 0.4) is 0 Å². The number of aryl methyl sites for hydroxylation is 1. The van der Waals surface area contributed by atoms with Gasteiger partial charge in [0.25, 0.3) is 5.91 Å². The standard InChI is InChI=1S/C17H22N2O4/c1-10-5-4-6-14(12(10)3)19-15(20)8-18-16(21)9-23-17(22)13-7-11(13)2/h4-6,11,13H,7-9H2,1-3H3,(H,18,21)(H,19,20)/t11-,13+/m1/s1. The Morgan fingerprint density at radius 3 is 2.57 bits per heavy atom. The number of hydrogen-bond donors (Lipinski definition) is 2. The van der Waals surface area contributed by atoms with Crippen molar-refractivity contribution in [2.45, 2.75) is 27.2 Å². The van der Waals surface area contributed by atoms with E-state index in [0.29, 0.717) is 5.92 Å². The summed E-state index contributed by atoms with van der Waals surface area (Å²) >= 11 is 0. The number of anilines is 1. The maximum Gasteiger partial charge on any atom is 0.309 e. The number of carbonyl (C=O) groups is 3. The molecule has 124 valence electrons. The number of benzene rings is 1. The minimum Gasteiger partial charge on any atom is -0.455 e. The first-order valence-corrected chi connectivity index (χ1v) is 7.68. The molecule has 0 radical (unpaired) electrons. The van der Waals surface area contributed by atoms with Gasteiger partial charge < -0.3 is 15.4 Å². The lowest BCUT2D eigenvalue weighted by Crippen LogP contribution is -2.35. The van der Waals surface area contributed by atoms with E-state index in [-0.39, 0.29) is 30.9 Å². The van der Waals surface area contributed by atoms with Gasteiger partial charge >= 0.3 is 5.97 Å². The highest BCUT2D eigenvalue weighted by molar-refractivity contribution is 5.95. The van der Waals surface area contributed by atoms with Crippen molar-refractivity contribution in [3.63, 3.8) is 0 Å². The van der Waals surface area contributed by atoms with E-state index in [2.05, 4.69) is 10.6 Å². The molecule has 1 aromatic rings. The van der Waals surface area contributed by atoms with E-state index < -0.39 is 5.91 Å². The molecular weight excluding hydrogens is 296 g/mol. The third-order valence-electron chi connectivity index (χ3n) is 4.08. The third kappa shape index (κ3) is 4.81. The minimum absolute atomic E-state index is 0.0737. The molecular formula is C17H22N2O4. The summed E-state index contributed by atoms with van der Waals surface area (Å²) in [6.45, 7) is 5.33. The van der Waals surface area contributed by atoms with E-state index in [1.807, 2.05) is 32.9 Å². The summed E-state index contributed by atoms with van der Waals surface area (Å²) in [6, 6.07) is 5.62. The van der Waals surface area contributed by atoms with Crippen LogP contribution in [0.5, 0.6) is 0 Å². The highest BCUT2D eigenvalue weighted by Crippen LogP contribution is 2.38. The highest BCUT2D eigenvalue weighted by atomic mass is 16.5. The Labute approximate surface area is 135 Å². The van der Waals surface area contributed by atoms with Gasteiger partial charge in [-0.3, -0.25) is 14.4 Å². The molecule has 1 saturated carbocycles. The van der Waals surface area contributed by atoms with Crippen LogP contribution in [0, 0.1) is 25.7 Å². The van der Waals surface area contributed by atoms with Crippen LogP contribution < -0.4 is 10.6 Å². The Morgan fingerprint density at radius 1 is 1.22 bits per heavy atom. The SMILES string of the molecule is Cc1cccc(NC(=O)CNC(=O)COC(=O)[C@H]2C[C@H]2C)c1C. The van der Waals surface area contributed by atoms with Crippen LogP contribution in [0.1, 0.15) is 24.5 Å². The molecule has 1 aliphatic carbocycles. The Hall–Kier alpha value is -2.37. The number of hydrogen-bond acceptors (Lipinski definition) is 4. The first-order chi connectivity index (χ1) is 10.9. The third-order valence-corrected chi connectivity index (χ3v) is 4.08. The van der Waals surface area contributed by atoms with Gasteiger partial charge in [-0.2, -0.15) is 0 Å². The smallest absolute Gasteiger partial charge is 0.309 e. The Bertz CT molecular complexity index is 627. The molecule has 1 fully saturated rings. The van der Waals surface area contributed by atoms with Crippen LogP contribution in [0.2, 0.25) is 0 Å². The minimum atomic E-state index is -0.484. The van der Waals surface area contributed by atoms with Crippen molar-refractivity contribution >= 4 is 23.5 Å². The first kappa shape index (κ1) is 17.0. The van der Waals surface area contributed by atoms with Crippen LogP contribution in [-0.4, -0.2) is 30.9 Å². The number of nitrogens with one attached hydrogen (secondary N) is 2. The summed E-state index contributed by atoms with van der Waals surface area (Å²) in [6.07, 6.45) is 0.818. The van der Waals surface area contributed by atoms with E-state index >= 15 is 0 Å². The van der Waals surface area contributed by atoms with Gasteiger partial charge in [-0.25, -0.2) is 0 Å². The maximum atomic E-state index is 11.8. The number of rotatable bonds is 6. The molecule has 2 atom stereocenters. The van der Waals surface area contributed by atoms with E-state index in [0.717, 1.165) is 23.2 Å². The summed E-state index contributed by atoms with van der Waals surface area (Å²) in [4.78, 5) is 34.9. The summed E-state index contributed by atoms with van der Waals surface area (Å²) < 4.78 is 4.90. The zero-order chi connectivity index (χ0) is 17.0. The molecule has 23 heavy (non-hydrogen) atoms. The van der Waals surface area contributed by atoms with Gasteiger partial charge in [0.2, 0.25) is 5.91 Å². The zero-order valence-electron chi connectivity index (χ0n) is 13.6. The average Bonchev–Trinajstić information content (AvgIpc) is 3.24. The van der Waals surface area contributed by atoms with Crippen LogP contribution in [-0.2, 0) is 19.1 Å². The number of amides is 2. The fourth-order valence-electron chi connectivity index (χ4n) is 2.21. The van der Waals surface area contributed by atoms with E-state index in [9.17, 15) is 14.4 Å². The first-order valence-electron chi connectivity index (χ1n) is 7.68. The lowest BCUT2D eigenvalue weighted by atomic mass is 10.1. The van der Waals surface area contributed by atoms with Gasteiger partial charge in [-0.1, -0.05) is 19.1 Å². The van der Waals surface area contributed by atoms with Gasteiger partial charge in [-0.05, 0) is 43.4 Å². The number of carbonyl (C=O) groups excluding carboxylic acids is 3. The fraction of sp³-hybridized carbons (Fsp3) is 0.471. The molecule has 2 N–H and O–H groups in total. The topological polar surface area (TPSA) is 84.5 Å². The van der Waals surface area contributed by atoms with Crippen molar-refractivity contribution in [2.24, 2.45) is 11.8 Å². The second-order valence-electron chi connectivity index (χ2n) is 6.00. The van der Waals surface area contributed by atoms with Crippen LogP contribution in [0.15, 0.2) is 18.2 Å². The van der Waals surface area contributed by atoms with Gasteiger partial charge in [0.1, 0.15) is 0 Å². The monoisotopic (exact) mass is 318 g/mol. The zero-order valence-corrected chi connectivity index (χ0v) is 13.6. The van der Waals surface area contributed by atoms with Crippen LogP contribution in [0.4, 0.5) is 5.69 Å². The van der Waals surface area contributed by atoms with E-state index in [1.54, 1.807) is 6.07 Å². The Kier molecular flexibility index (Phi) is 5.36. The molecule has 6 nitrogen and oxygen atoms in total. The highest BCUT2D eigenvalue weighted by Gasteiger charge is 2.40. The van der Waals surface area contributed by atoms with Crippen molar-refractivity contribution in [3.05, 3.63) is 29.3 Å². The predicted molar refractivity (Wildman–Crippen MR) is 85.8 cm³/mol. The van der Waals surface area contributed by atoms with E-state index in [1.165, 1.54) is 0 Å². The van der Waals surface area contributed by atoms with Crippen molar-refractivity contribution in [1.82, 2.24) is 5.32 Å². The van der Waals surface area contributed by atoms with Gasteiger partial charge in [-0.15, -0.1) is 0 Å². The second-order valence-corrected chi connectivity index (χ2v) is 6.00. The van der Waals surface area contributed by atoms with Crippen molar-refractivity contribution in [1.29, 1.82) is 0 Å². The molecule has 2 amide bonds. The molecule has 0 heterocycles. The van der Waals surface area contributed by atoms with Gasteiger partial charge in [0.15, 0.2) is 6.61 Å². The van der Waals surface area contributed by atoms with E-state index in [4.69, 9.17) is 4.74 Å². The van der Waals surface area contributed by atoms with Crippen LogP contribution >= 0.6 is 0 Å². The summed E-state index contributed by atoms with van der Waals surface area (Å²) in [5.74, 6) is -0.881. The summed E-state index contributed by atoms with van der Waals surface area (Å²) in [7, 11) is 0.